The lowest BCUT2D eigenvalue weighted by Gasteiger charge is -2.23. The smallest absolute Gasteiger partial charge is 0.453 e. The standard InChI is InChI=1S/C6H8F5O4P/c1-3-4(15-16(12,13)14-3)2-5(7,8)6(9,10)11/h3-4H,2H2,1H3,(H,12,13)/p-1. The Morgan fingerprint density at radius 3 is 2.06 bits per heavy atom. The molecule has 0 bridgehead atoms. The van der Waals surface area contributed by atoms with Crippen LogP contribution in [-0.2, 0) is 13.6 Å². The highest BCUT2D eigenvalue weighted by atomic mass is 31.2. The van der Waals surface area contributed by atoms with Gasteiger partial charge in [-0.05, 0) is 6.92 Å². The summed E-state index contributed by atoms with van der Waals surface area (Å²) >= 11 is 0. The van der Waals surface area contributed by atoms with Gasteiger partial charge in [0.15, 0.2) is 0 Å². The fourth-order valence-corrected chi connectivity index (χ4v) is 2.29. The molecule has 0 aromatic heterocycles. The maximum absolute atomic E-state index is 12.6. The molecule has 0 aromatic carbocycles. The minimum Gasteiger partial charge on any atom is -0.756 e. The molecule has 3 atom stereocenters. The van der Waals surface area contributed by atoms with Crippen molar-refractivity contribution in [3.8, 4) is 0 Å². The van der Waals surface area contributed by atoms with E-state index in [-0.39, 0.29) is 0 Å². The predicted molar refractivity (Wildman–Crippen MR) is 38.6 cm³/mol. The van der Waals surface area contributed by atoms with Crippen LogP contribution in [0, 0.1) is 0 Å². The molecule has 0 saturated carbocycles. The third-order valence-corrected chi connectivity index (χ3v) is 3.08. The number of rotatable bonds is 2. The number of alkyl halides is 5. The van der Waals surface area contributed by atoms with Crippen molar-refractivity contribution in [2.24, 2.45) is 0 Å². The summed E-state index contributed by atoms with van der Waals surface area (Å²) < 4.78 is 79.3. The second kappa shape index (κ2) is 3.90. The molecule has 0 aromatic rings. The van der Waals surface area contributed by atoms with Crippen LogP contribution in [0.1, 0.15) is 13.3 Å². The van der Waals surface area contributed by atoms with Crippen LogP contribution in [0.5, 0.6) is 0 Å². The van der Waals surface area contributed by atoms with E-state index in [9.17, 15) is 31.4 Å². The van der Waals surface area contributed by atoms with Gasteiger partial charge in [-0.3, -0.25) is 4.57 Å². The zero-order valence-corrected chi connectivity index (χ0v) is 8.73. The maximum atomic E-state index is 12.6. The van der Waals surface area contributed by atoms with Gasteiger partial charge in [0.25, 0.3) is 7.82 Å². The molecular formula is C6H7F5O4P-. The third-order valence-electron chi connectivity index (χ3n) is 1.96. The van der Waals surface area contributed by atoms with Crippen molar-refractivity contribution in [1.82, 2.24) is 0 Å². The summed E-state index contributed by atoms with van der Waals surface area (Å²) in [5.41, 5.74) is 0. The van der Waals surface area contributed by atoms with Crippen molar-refractivity contribution in [3.63, 3.8) is 0 Å². The van der Waals surface area contributed by atoms with Crippen molar-refractivity contribution in [1.29, 1.82) is 0 Å². The Bertz CT molecular complexity index is 317. The Morgan fingerprint density at radius 2 is 1.75 bits per heavy atom. The van der Waals surface area contributed by atoms with Crippen molar-refractivity contribution in [2.75, 3.05) is 0 Å². The molecule has 10 heteroatoms. The fraction of sp³-hybridized carbons (Fsp3) is 1.00. The van der Waals surface area contributed by atoms with Crippen LogP contribution in [0.2, 0.25) is 0 Å². The Morgan fingerprint density at radius 1 is 1.25 bits per heavy atom. The molecule has 0 aliphatic carbocycles. The number of phosphoric ester groups is 1. The number of halogens is 5. The Balaban J connectivity index is 2.73. The molecule has 1 heterocycles. The quantitative estimate of drug-likeness (QED) is 0.567. The first-order chi connectivity index (χ1) is 6.95. The summed E-state index contributed by atoms with van der Waals surface area (Å²) in [6, 6.07) is 0. The minimum atomic E-state index is -5.74. The zero-order chi connectivity index (χ0) is 12.8. The number of hydrogen-bond acceptors (Lipinski definition) is 4. The fourth-order valence-electron chi connectivity index (χ4n) is 1.12. The van der Waals surface area contributed by atoms with E-state index in [4.69, 9.17) is 0 Å². The largest absolute Gasteiger partial charge is 0.756 e. The topological polar surface area (TPSA) is 58.6 Å². The van der Waals surface area contributed by atoms with Crippen LogP contribution in [0.25, 0.3) is 0 Å². The van der Waals surface area contributed by atoms with E-state index in [0.717, 1.165) is 6.92 Å². The second-order valence-corrected chi connectivity index (χ2v) is 4.62. The highest BCUT2D eigenvalue weighted by molar-refractivity contribution is 7.46. The summed E-state index contributed by atoms with van der Waals surface area (Å²) in [7, 11) is -4.74. The van der Waals surface area contributed by atoms with E-state index in [1.54, 1.807) is 0 Å². The first-order valence-corrected chi connectivity index (χ1v) is 5.53. The molecule has 1 rings (SSSR count). The average molecular weight is 269 g/mol. The SMILES string of the molecule is CC1OP(=O)([O-])OC1CC(F)(F)C(F)(F)F. The molecule has 16 heavy (non-hydrogen) atoms. The summed E-state index contributed by atoms with van der Waals surface area (Å²) in [6.07, 6.45) is -10.7. The minimum absolute atomic E-state index is 1.04. The average Bonchev–Trinajstić information content (AvgIpc) is 2.20. The van der Waals surface area contributed by atoms with Gasteiger partial charge in [-0.25, -0.2) is 0 Å². The van der Waals surface area contributed by atoms with E-state index < -0.39 is 38.6 Å². The summed E-state index contributed by atoms with van der Waals surface area (Å²) in [6.45, 7) is 1.04. The van der Waals surface area contributed by atoms with Gasteiger partial charge in [0, 0.05) is 0 Å². The molecule has 1 saturated heterocycles. The first-order valence-electron chi connectivity index (χ1n) is 4.07. The van der Waals surface area contributed by atoms with E-state index in [1.165, 1.54) is 0 Å². The van der Waals surface area contributed by atoms with Gasteiger partial charge in [-0.15, -0.1) is 0 Å². The third kappa shape index (κ3) is 2.91. The summed E-state index contributed by atoms with van der Waals surface area (Å²) in [5, 5.41) is 0. The lowest BCUT2D eigenvalue weighted by atomic mass is 10.1. The van der Waals surface area contributed by atoms with E-state index >= 15 is 0 Å². The van der Waals surface area contributed by atoms with Crippen molar-refractivity contribution in [3.05, 3.63) is 0 Å². The van der Waals surface area contributed by atoms with Crippen LogP contribution in [0.3, 0.4) is 0 Å². The van der Waals surface area contributed by atoms with Gasteiger partial charge in [0.1, 0.15) is 0 Å². The molecule has 0 amide bonds. The lowest BCUT2D eigenvalue weighted by Crippen LogP contribution is -2.41. The predicted octanol–water partition coefficient (Wildman–Crippen LogP) is 1.85. The molecule has 1 aliphatic heterocycles. The molecule has 96 valence electrons. The van der Waals surface area contributed by atoms with Gasteiger partial charge >= 0.3 is 12.1 Å². The van der Waals surface area contributed by atoms with Crippen molar-refractivity contribution < 1.29 is 40.5 Å². The normalized spacial score (nSPS) is 36.7. The number of hydrogen-bond donors (Lipinski definition) is 0. The maximum Gasteiger partial charge on any atom is 0.453 e. The molecule has 0 radical (unpaired) electrons. The zero-order valence-electron chi connectivity index (χ0n) is 7.83. The monoisotopic (exact) mass is 269 g/mol. The van der Waals surface area contributed by atoms with E-state index in [2.05, 4.69) is 9.05 Å². The van der Waals surface area contributed by atoms with Crippen molar-refractivity contribution >= 4 is 7.82 Å². The van der Waals surface area contributed by atoms with Gasteiger partial charge < -0.3 is 13.9 Å². The Labute approximate surface area is 87.0 Å². The highest BCUT2D eigenvalue weighted by Gasteiger charge is 2.59. The van der Waals surface area contributed by atoms with Gasteiger partial charge in [0.2, 0.25) is 0 Å². The molecule has 1 aliphatic rings. The molecule has 4 nitrogen and oxygen atoms in total. The van der Waals surface area contributed by atoms with Gasteiger partial charge in [-0.1, -0.05) is 0 Å². The lowest BCUT2D eigenvalue weighted by molar-refractivity contribution is -0.290. The molecule has 3 unspecified atom stereocenters. The molecule has 0 spiro atoms. The molecule has 1 fully saturated rings. The highest BCUT2D eigenvalue weighted by Crippen LogP contribution is 2.52. The van der Waals surface area contributed by atoms with Crippen LogP contribution >= 0.6 is 7.82 Å². The second-order valence-electron chi connectivity index (χ2n) is 3.31. The van der Waals surface area contributed by atoms with Crippen LogP contribution in [0.4, 0.5) is 22.0 Å². The van der Waals surface area contributed by atoms with Gasteiger partial charge in [0.05, 0.1) is 18.6 Å². The first kappa shape index (κ1) is 13.8. The van der Waals surface area contributed by atoms with Crippen molar-refractivity contribution in [2.45, 2.75) is 37.7 Å². The molecular weight excluding hydrogens is 262 g/mol. The van der Waals surface area contributed by atoms with E-state index in [1.807, 2.05) is 0 Å². The molecule has 0 N–H and O–H groups in total. The van der Waals surface area contributed by atoms with E-state index in [0.29, 0.717) is 0 Å². The number of phosphoric acid groups is 1. The van der Waals surface area contributed by atoms with Crippen LogP contribution in [0.15, 0.2) is 0 Å². The summed E-state index contributed by atoms with van der Waals surface area (Å²) in [5.74, 6) is -5.01. The summed E-state index contributed by atoms with van der Waals surface area (Å²) in [4.78, 5) is 10.6. The van der Waals surface area contributed by atoms with Crippen LogP contribution in [-0.4, -0.2) is 24.3 Å². The van der Waals surface area contributed by atoms with Crippen LogP contribution < -0.4 is 4.89 Å². The Hall–Kier alpha value is -0.240. The Kier molecular flexibility index (Phi) is 3.37. The van der Waals surface area contributed by atoms with Gasteiger partial charge in [-0.2, -0.15) is 22.0 Å².